The molecule has 2 aromatic heterocycles. The van der Waals surface area contributed by atoms with Crippen LogP contribution < -0.4 is 10.3 Å². The molecule has 0 aliphatic rings. The number of ether oxygens (including phenoxy) is 1. The van der Waals surface area contributed by atoms with Gasteiger partial charge < -0.3 is 4.74 Å². The Balaban J connectivity index is 1.56. The third-order valence-corrected chi connectivity index (χ3v) is 5.12. The molecule has 2 aromatic carbocycles. The molecule has 0 N–H and O–H groups in total. The third-order valence-electron chi connectivity index (χ3n) is 4.23. The smallest absolute Gasteiger partial charge is 0.262 e. The zero-order valence-electron chi connectivity index (χ0n) is 14.3. The summed E-state index contributed by atoms with van der Waals surface area (Å²) in [7, 11) is 0. The van der Waals surface area contributed by atoms with Crippen LogP contribution in [0.15, 0.2) is 71.1 Å². The Hall–Kier alpha value is -3.43. The van der Waals surface area contributed by atoms with E-state index in [1.54, 1.807) is 35.2 Å². The molecule has 0 bridgehead atoms. The molecule has 0 spiro atoms. The molecular weight excluding hydrogens is 358 g/mol. The first-order valence-corrected chi connectivity index (χ1v) is 9.29. The Morgan fingerprint density at radius 1 is 1.11 bits per heavy atom. The normalized spacial score (nSPS) is 10.6. The average molecular weight is 373 g/mol. The van der Waals surface area contributed by atoms with Crippen LogP contribution in [-0.2, 0) is 6.54 Å². The quantitative estimate of drug-likeness (QED) is 0.529. The first kappa shape index (κ1) is 17.0. The van der Waals surface area contributed by atoms with E-state index in [9.17, 15) is 4.79 Å². The van der Waals surface area contributed by atoms with Gasteiger partial charge in [0, 0.05) is 10.9 Å². The Labute approximate surface area is 159 Å². The fraction of sp³-hybridized carbons (Fsp3) is 0.0952. The van der Waals surface area contributed by atoms with Crippen molar-refractivity contribution in [2.45, 2.75) is 6.54 Å². The van der Waals surface area contributed by atoms with Crippen LogP contribution >= 0.6 is 11.3 Å². The molecule has 27 heavy (non-hydrogen) atoms. The number of hydrogen-bond acceptors (Lipinski definition) is 5. The van der Waals surface area contributed by atoms with Crippen molar-refractivity contribution in [1.82, 2.24) is 9.55 Å². The second kappa shape index (κ2) is 7.44. The van der Waals surface area contributed by atoms with Crippen molar-refractivity contribution in [1.29, 1.82) is 5.26 Å². The average Bonchev–Trinajstić information content (AvgIpc) is 3.16. The molecule has 0 saturated carbocycles. The SMILES string of the molecule is N#Cc1ccc(OCCn2cnc3scc(-c4ccccc4)c3c2=O)cc1. The second-order valence-electron chi connectivity index (χ2n) is 5.92. The van der Waals surface area contributed by atoms with Crippen molar-refractivity contribution in [3.63, 3.8) is 0 Å². The molecule has 5 nitrogen and oxygen atoms in total. The molecule has 6 heteroatoms. The highest BCUT2D eigenvalue weighted by atomic mass is 32.1. The Morgan fingerprint density at radius 3 is 2.63 bits per heavy atom. The minimum atomic E-state index is -0.0662. The van der Waals surface area contributed by atoms with Gasteiger partial charge in [0.2, 0.25) is 0 Å². The molecule has 4 aromatic rings. The molecule has 0 atom stereocenters. The van der Waals surface area contributed by atoms with Gasteiger partial charge in [-0.05, 0) is 29.8 Å². The van der Waals surface area contributed by atoms with Crippen LogP contribution in [0.3, 0.4) is 0 Å². The van der Waals surface area contributed by atoms with E-state index in [1.807, 2.05) is 35.7 Å². The van der Waals surface area contributed by atoms with Gasteiger partial charge in [-0.25, -0.2) is 4.98 Å². The van der Waals surface area contributed by atoms with Crippen LogP contribution in [0, 0.1) is 11.3 Å². The van der Waals surface area contributed by atoms with Crippen molar-refractivity contribution < 1.29 is 4.74 Å². The summed E-state index contributed by atoms with van der Waals surface area (Å²) in [5.74, 6) is 0.664. The number of thiophene rings is 1. The van der Waals surface area contributed by atoms with Gasteiger partial charge in [0.25, 0.3) is 5.56 Å². The summed E-state index contributed by atoms with van der Waals surface area (Å²) < 4.78 is 7.25. The van der Waals surface area contributed by atoms with Gasteiger partial charge in [0.15, 0.2) is 0 Å². The van der Waals surface area contributed by atoms with Gasteiger partial charge in [-0.15, -0.1) is 11.3 Å². The topological polar surface area (TPSA) is 67.9 Å². The van der Waals surface area contributed by atoms with E-state index < -0.39 is 0 Å². The third kappa shape index (κ3) is 3.46. The molecule has 0 unspecified atom stereocenters. The maximum absolute atomic E-state index is 12.9. The molecule has 4 rings (SSSR count). The lowest BCUT2D eigenvalue weighted by molar-refractivity contribution is 0.296. The van der Waals surface area contributed by atoms with E-state index in [2.05, 4.69) is 11.1 Å². The van der Waals surface area contributed by atoms with E-state index in [0.29, 0.717) is 29.9 Å². The van der Waals surface area contributed by atoms with Crippen molar-refractivity contribution in [3.05, 3.63) is 82.2 Å². The molecular formula is C21H15N3O2S. The van der Waals surface area contributed by atoms with Crippen LogP contribution in [0.1, 0.15) is 5.56 Å². The Kier molecular flexibility index (Phi) is 4.69. The predicted octanol–water partition coefficient (Wildman–Crippen LogP) is 4.08. The fourth-order valence-electron chi connectivity index (χ4n) is 2.84. The monoisotopic (exact) mass is 373 g/mol. The van der Waals surface area contributed by atoms with Gasteiger partial charge in [-0.2, -0.15) is 5.26 Å². The summed E-state index contributed by atoms with van der Waals surface area (Å²) >= 11 is 1.47. The molecule has 0 saturated heterocycles. The van der Waals surface area contributed by atoms with Crippen LogP contribution in [0.25, 0.3) is 21.3 Å². The van der Waals surface area contributed by atoms with E-state index >= 15 is 0 Å². The number of fused-ring (bicyclic) bond motifs is 1. The predicted molar refractivity (Wildman–Crippen MR) is 106 cm³/mol. The highest BCUT2D eigenvalue weighted by Crippen LogP contribution is 2.30. The van der Waals surface area contributed by atoms with Gasteiger partial charge in [-0.1, -0.05) is 30.3 Å². The lowest BCUT2D eigenvalue weighted by Crippen LogP contribution is -2.23. The maximum atomic E-state index is 12.9. The number of benzene rings is 2. The minimum absolute atomic E-state index is 0.0662. The van der Waals surface area contributed by atoms with E-state index in [1.165, 1.54) is 11.3 Å². The summed E-state index contributed by atoms with van der Waals surface area (Å²) in [5.41, 5.74) is 2.44. The minimum Gasteiger partial charge on any atom is -0.492 e. The molecule has 132 valence electrons. The number of nitriles is 1. The molecule has 0 amide bonds. The number of aromatic nitrogens is 2. The molecule has 0 fully saturated rings. The second-order valence-corrected chi connectivity index (χ2v) is 6.78. The van der Waals surface area contributed by atoms with Crippen LogP contribution in [0.2, 0.25) is 0 Å². The zero-order valence-corrected chi connectivity index (χ0v) is 15.1. The lowest BCUT2D eigenvalue weighted by Gasteiger charge is -2.08. The maximum Gasteiger partial charge on any atom is 0.262 e. The van der Waals surface area contributed by atoms with Crippen molar-refractivity contribution in [3.8, 4) is 22.9 Å². The fourth-order valence-corrected chi connectivity index (χ4v) is 3.75. The van der Waals surface area contributed by atoms with Crippen LogP contribution in [-0.4, -0.2) is 16.2 Å². The number of nitrogens with zero attached hydrogens (tertiary/aromatic N) is 3. The van der Waals surface area contributed by atoms with Crippen LogP contribution in [0.5, 0.6) is 5.75 Å². The van der Waals surface area contributed by atoms with Crippen LogP contribution in [0.4, 0.5) is 0 Å². The molecule has 0 aliphatic heterocycles. The van der Waals surface area contributed by atoms with Crippen molar-refractivity contribution >= 4 is 21.6 Å². The molecule has 0 radical (unpaired) electrons. The Morgan fingerprint density at radius 2 is 1.89 bits per heavy atom. The highest BCUT2D eigenvalue weighted by molar-refractivity contribution is 7.17. The first-order valence-electron chi connectivity index (χ1n) is 8.41. The lowest BCUT2D eigenvalue weighted by atomic mass is 10.1. The van der Waals surface area contributed by atoms with Gasteiger partial charge in [0.1, 0.15) is 17.2 Å². The largest absolute Gasteiger partial charge is 0.492 e. The summed E-state index contributed by atoms with van der Waals surface area (Å²) in [4.78, 5) is 18.1. The van der Waals surface area contributed by atoms with Crippen molar-refractivity contribution in [2.75, 3.05) is 6.61 Å². The number of hydrogen-bond donors (Lipinski definition) is 0. The first-order chi connectivity index (χ1) is 13.3. The summed E-state index contributed by atoms with van der Waals surface area (Å²) in [5, 5.41) is 11.4. The van der Waals surface area contributed by atoms with Gasteiger partial charge >= 0.3 is 0 Å². The summed E-state index contributed by atoms with van der Waals surface area (Å²) in [6, 6.07) is 18.8. The standard InChI is InChI=1S/C21H15N3O2S/c22-12-15-6-8-17(9-7-15)26-11-10-24-14-23-20-19(21(24)25)18(13-27-20)16-4-2-1-3-5-16/h1-9,13-14H,10-11H2. The van der Waals surface area contributed by atoms with E-state index in [0.717, 1.165) is 16.0 Å². The van der Waals surface area contributed by atoms with Gasteiger partial charge in [0.05, 0.1) is 29.9 Å². The van der Waals surface area contributed by atoms with Gasteiger partial charge in [-0.3, -0.25) is 9.36 Å². The molecule has 0 aliphatic carbocycles. The van der Waals surface area contributed by atoms with Crippen molar-refractivity contribution in [2.24, 2.45) is 0 Å². The number of rotatable bonds is 5. The molecule has 2 heterocycles. The zero-order chi connectivity index (χ0) is 18.6. The highest BCUT2D eigenvalue weighted by Gasteiger charge is 2.13. The van der Waals surface area contributed by atoms with E-state index in [-0.39, 0.29) is 5.56 Å². The Bertz CT molecular complexity index is 1170. The summed E-state index contributed by atoms with van der Waals surface area (Å²) in [6.07, 6.45) is 1.57. The van der Waals surface area contributed by atoms with E-state index in [4.69, 9.17) is 10.00 Å². The summed E-state index contributed by atoms with van der Waals surface area (Å²) in [6.45, 7) is 0.732.